The van der Waals surface area contributed by atoms with E-state index >= 15 is 0 Å². The molecule has 0 saturated carbocycles. The quantitative estimate of drug-likeness (QED) is 0.779. The van der Waals surface area contributed by atoms with Gasteiger partial charge in [-0.15, -0.1) is 0 Å². The van der Waals surface area contributed by atoms with Crippen LogP contribution in [0, 0.1) is 5.92 Å². The predicted molar refractivity (Wildman–Crippen MR) is 79.5 cm³/mol. The molecule has 2 saturated heterocycles. The van der Waals surface area contributed by atoms with Gasteiger partial charge in [-0.1, -0.05) is 6.92 Å². The van der Waals surface area contributed by atoms with Gasteiger partial charge in [0.2, 0.25) is 0 Å². The van der Waals surface area contributed by atoms with Crippen LogP contribution in [-0.2, 0) is 4.74 Å². The molecular formula is C15H31N3O. The molecule has 3 unspecified atom stereocenters. The molecule has 2 heterocycles. The minimum Gasteiger partial charge on any atom is -0.381 e. The molecule has 4 nitrogen and oxygen atoms in total. The summed E-state index contributed by atoms with van der Waals surface area (Å²) >= 11 is 0. The lowest BCUT2D eigenvalue weighted by molar-refractivity contribution is 0.0139. The van der Waals surface area contributed by atoms with Crippen molar-refractivity contribution >= 4 is 0 Å². The van der Waals surface area contributed by atoms with Gasteiger partial charge in [0.25, 0.3) is 0 Å². The van der Waals surface area contributed by atoms with E-state index in [1.54, 1.807) is 0 Å². The summed E-state index contributed by atoms with van der Waals surface area (Å²) in [5.74, 6) is 0.663. The maximum Gasteiger partial charge on any atom is 0.0521 e. The van der Waals surface area contributed by atoms with Crippen LogP contribution in [0.25, 0.3) is 0 Å². The molecule has 2 aliphatic rings. The van der Waals surface area contributed by atoms with Crippen molar-refractivity contribution in [1.82, 2.24) is 15.1 Å². The van der Waals surface area contributed by atoms with E-state index in [9.17, 15) is 0 Å². The SMILES string of the molecule is CCNC1CCOCC1CN1CCCC1CN(C)C. The number of rotatable bonds is 6. The van der Waals surface area contributed by atoms with Crippen molar-refractivity contribution in [2.45, 2.75) is 38.3 Å². The van der Waals surface area contributed by atoms with Crippen molar-refractivity contribution in [2.75, 3.05) is 53.5 Å². The molecule has 3 atom stereocenters. The van der Waals surface area contributed by atoms with E-state index in [0.29, 0.717) is 12.0 Å². The molecular weight excluding hydrogens is 238 g/mol. The fourth-order valence-electron chi connectivity index (χ4n) is 3.57. The lowest BCUT2D eigenvalue weighted by Crippen LogP contribution is -2.49. The van der Waals surface area contributed by atoms with Gasteiger partial charge in [-0.3, -0.25) is 4.90 Å². The topological polar surface area (TPSA) is 27.7 Å². The normalized spacial score (nSPS) is 33.2. The highest BCUT2D eigenvalue weighted by molar-refractivity contribution is 4.87. The maximum absolute atomic E-state index is 5.71. The Morgan fingerprint density at radius 1 is 1.32 bits per heavy atom. The molecule has 0 aromatic carbocycles. The maximum atomic E-state index is 5.71. The van der Waals surface area contributed by atoms with Gasteiger partial charge in [0, 0.05) is 37.7 Å². The van der Waals surface area contributed by atoms with Gasteiger partial charge in [-0.25, -0.2) is 0 Å². The molecule has 112 valence electrons. The van der Waals surface area contributed by atoms with Crippen molar-refractivity contribution in [3.05, 3.63) is 0 Å². The number of hydrogen-bond donors (Lipinski definition) is 1. The Morgan fingerprint density at radius 3 is 2.89 bits per heavy atom. The average Bonchev–Trinajstić information content (AvgIpc) is 2.79. The summed E-state index contributed by atoms with van der Waals surface area (Å²) in [5, 5.41) is 3.65. The molecule has 0 aromatic rings. The third-order valence-corrected chi connectivity index (χ3v) is 4.48. The highest BCUT2D eigenvalue weighted by Gasteiger charge is 2.31. The smallest absolute Gasteiger partial charge is 0.0521 e. The van der Waals surface area contributed by atoms with Crippen LogP contribution in [0.2, 0.25) is 0 Å². The van der Waals surface area contributed by atoms with E-state index in [4.69, 9.17) is 4.74 Å². The fraction of sp³-hybridized carbons (Fsp3) is 1.00. The molecule has 0 amide bonds. The largest absolute Gasteiger partial charge is 0.381 e. The first-order chi connectivity index (χ1) is 9.20. The Labute approximate surface area is 118 Å². The lowest BCUT2D eigenvalue weighted by atomic mass is 9.94. The van der Waals surface area contributed by atoms with E-state index in [0.717, 1.165) is 25.8 Å². The number of likely N-dealkylation sites (N-methyl/N-ethyl adjacent to an activating group) is 1. The molecule has 2 aliphatic heterocycles. The number of nitrogens with zero attached hydrogens (tertiary/aromatic N) is 2. The van der Waals surface area contributed by atoms with Gasteiger partial charge in [0.1, 0.15) is 0 Å². The highest BCUT2D eigenvalue weighted by atomic mass is 16.5. The van der Waals surface area contributed by atoms with E-state index < -0.39 is 0 Å². The minimum atomic E-state index is 0.652. The molecule has 0 radical (unpaired) electrons. The van der Waals surface area contributed by atoms with Crippen LogP contribution in [0.1, 0.15) is 26.2 Å². The van der Waals surface area contributed by atoms with Crippen LogP contribution in [0.3, 0.4) is 0 Å². The third-order valence-electron chi connectivity index (χ3n) is 4.48. The summed E-state index contributed by atoms with van der Waals surface area (Å²) in [4.78, 5) is 5.02. The Morgan fingerprint density at radius 2 is 2.16 bits per heavy atom. The summed E-state index contributed by atoms with van der Waals surface area (Å²) in [5.41, 5.74) is 0. The van der Waals surface area contributed by atoms with Crippen LogP contribution in [0.5, 0.6) is 0 Å². The van der Waals surface area contributed by atoms with Gasteiger partial charge in [-0.05, 0) is 46.4 Å². The zero-order valence-electron chi connectivity index (χ0n) is 12.9. The van der Waals surface area contributed by atoms with Crippen LogP contribution in [0.15, 0.2) is 0 Å². The van der Waals surface area contributed by atoms with Crippen LogP contribution >= 0.6 is 0 Å². The standard InChI is InChI=1S/C15H31N3O/c1-4-16-15-7-9-19-12-13(15)10-18-8-5-6-14(18)11-17(2)3/h13-16H,4-12H2,1-3H3. The molecule has 0 aromatic heterocycles. The summed E-state index contributed by atoms with van der Waals surface area (Å²) < 4.78 is 5.71. The van der Waals surface area contributed by atoms with Gasteiger partial charge in [0.05, 0.1) is 6.61 Å². The fourth-order valence-corrected chi connectivity index (χ4v) is 3.57. The summed E-state index contributed by atoms with van der Waals surface area (Å²) in [6.07, 6.45) is 3.89. The molecule has 2 fully saturated rings. The Kier molecular flexibility index (Phi) is 6.07. The number of nitrogens with one attached hydrogen (secondary N) is 1. The molecule has 1 N–H and O–H groups in total. The Hall–Kier alpha value is -0.160. The number of likely N-dealkylation sites (tertiary alicyclic amines) is 1. The molecule has 0 aliphatic carbocycles. The van der Waals surface area contributed by atoms with Gasteiger partial charge >= 0.3 is 0 Å². The van der Waals surface area contributed by atoms with E-state index in [1.807, 2.05) is 0 Å². The molecule has 0 spiro atoms. The second-order valence-electron chi connectivity index (χ2n) is 6.34. The van der Waals surface area contributed by atoms with Crippen molar-refractivity contribution in [1.29, 1.82) is 0 Å². The van der Waals surface area contributed by atoms with Crippen molar-refractivity contribution in [3.8, 4) is 0 Å². The van der Waals surface area contributed by atoms with Crippen LogP contribution < -0.4 is 5.32 Å². The van der Waals surface area contributed by atoms with Crippen LogP contribution in [0.4, 0.5) is 0 Å². The number of ether oxygens (including phenoxy) is 1. The lowest BCUT2D eigenvalue weighted by Gasteiger charge is -2.37. The van der Waals surface area contributed by atoms with E-state index in [1.165, 1.54) is 38.9 Å². The second kappa shape index (κ2) is 7.58. The average molecular weight is 269 g/mol. The summed E-state index contributed by atoms with van der Waals surface area (Å²) in [6.45, 7) is 8.81. The van der Waals surface area contributed by atoms with Crippen molar-refractivity contribution in [3.63, 3.8) is 0 Å². The van der Waals surface area contributed by atoms with Gasteiger partial charge in [0.15, 0.2) is 0 Å². The van der Waals surface area contributed by atoms with Crippen LogP contribution in [-0.4, -0.2) is 75.4 Å². The van der Waals surface area contributed by atoms with E-state index in [2.05, 4.69) is 36.1 Å². The minimum absolute atomic E-state index is 0.652. The highest BCUT2D eigenvalue weighted by Crippen LogP contribution is 2.23. The summed E-state index contributed by atoms with van der Waals surface area (Å²) in [7, 11) is 4.36. The first-order valence-corrected chi connectivity index (χ1v) is 7.90. The zero-order chi connectivity index (χ0) is 13.7. The summed E-state index contributed by atoms with van der Waals surface area (Å²) in [6, 6.07) is 1.40. The van der Waals surface area contributed by atoms with Gasteiger partial charge < -0.3 is 15.0 Å². The van der Waals surface area contributed by atoms with Crippen molar-refractivity contribution < 1.29 is 4.74 Å². The monoisotopic (exact) mass is 269 g/mol. The van der Waals surface area contributed by atoms with Crippen molar-refractivity contribution in [2.24, 2.45) is 5.92 Å². The second-order valence-corrected chi connectivity index (χ2v) is 6.34. The zero-order valence-corrected chi connectivity index (χ0v) is 12.9. The molecule has 0 bridgehead atoms. The first kappa shape index (κ1) is 15.2. The third kappa shape index (κ3) is 4.42. The van der Waals surface area contributed by atoms with Gasteiger partial charge in [-0.2, -0.15) is 0 Å². The molecule has 19 heavy (non-hydrogen) atoms. The molecule has 2 rings (SSSR count). The predicted octanol–water partition coefficient (Wildman–Crippen LogP) is 1.03. The number of hydrogen-bond acceptors (Lipinski definition) is 4. The van der Waals surface area contributed by atoms with E-state index in [-0.39, 0.29) is 0 Å². The first-order valence-electron chi connectivity index (χ1n) is 7.90. The molecule has 4 heteroatoms. The Bertz CT molecular complexity index is 258. The Balaban J connectivity index is 1.86.